The second-order valence-electron chi connectivity index (χ2n) is 3.41. The van der Waals surface area contributed by atoms with Crippen LogP contribution in [0.15, 0.2) is 18.3 Å². The van der Waals surface area contributed by atoms with Crippen molar-refractivity contribution in [2.75, 3.05) is 25.5 Å². The fourth-order valence-electron chi connectivity index (χ4n) is 1.60. The van der Waals surface area contributed by atoms with Crippen LogP contribution in [0.2, 0.25) is 0 Å². The highest BCUT2D eigenvalue weighted by atomic mass is 16.5. The van der Waals surface area contributed by atoms with E-state index in [0.717, 1.165) is 31.1 Å². The first-order valence-corrected chi connectivity index (χ1v) is 4.86. The lowest BCUT2D eigenvalue weighted by Gasteiger charge is -2.12. The summed E-state index contributed by atoms with van der Waals surface area (Å²) in [7, 11) is 1.66. The Morgan fingerprint density at radius 2 is 2.57 bits per heavy atom. The summed E-state index contributed by atoms with van der Waals surface area (Å²) in [4.78, 5) is 4.23. The molecule has 0 spiro atoms. The molecule has 76 valence electrons. The van der Waals surface area contributed by atoms with Crippen molar-refractivity contribution in [3.63, 3.8) is 0 Å². The molecule has 1 aromatic rings. The van der Waals surface area contributed by atoms with E-state index < -0.39 is 0 Å². The number of rotatable bonds is 3. The first-order valence-electron chi connectivity index (χ1n) is 4.86. The highest BCUT2D eigenvalue weighted by Crippen LogP contribution is 2.15. The van der Waals surface area contributed by atoms with Crippen molar-refractivity contribution < 1.29 is 4.74 Å². The number of hydrogen-bond acceptors (Lipinski definition) is 4. The lowest BCUT2D eigenvalue weighted by atomic mass is 10.2. The zero-order valence-electron chi connectivity index (χ0n) is 8.29. The maximum absolute atomic E-state index is 5.12. The molecule has 4 heteroatoms. The van der Waals surface area contributed by atoms with Crippen LogP contribution in [0.5, 0.6) is 5.75 Å². The fraction of sp³-hybridized carbons (Fsp3) is 0.500. The van der Waals surface area contributed by atoms with Crippen molar-refractivity contribution in [1.29, 1.82) is 0 Å². The minimum absolute atomic E-state index is 0.495. The smallest absolute Gasteiger partial charge is 0.129 e. The van der Waals surface area contributed by atoms with Crippen LogP contribution in [-0.2, 0) is 0 Å². The minimum Gasteiger partial charge on any atom is -0.497 e. The Labute approximate surface area is 83.7 Å². The van der Waals surface area contributed by atoms with Gasteiger partial charge in [-0.2, -0.15) is 0 Å². The summed E-state index contributed by atoms with van der Waals surface area (Å²) in [6.07, 6.45) is 2.91. The average Bonchev–Trinajstić information content (AvgIpc) is 2.71. The summed E-state index contributed by atoms with van der Waals surface area (Å²) in [6.45, 7) is 2.10. The van der Waals surface area contributed by atoms with E-state index >= 15 is 0 Å². The van der Waals surface area contributed by atoms with Gasteiger partial charge in [-0.1, -0.05) is 0 Å². The Morgan fingerprint density at radius 1 is 1.64 bits per heavy atom. The molecule has 4 nitrogen and oxygen atoms in total. The highest BCUT2D eigenvalue weighted by molar-refractivity contribution is 5.41. The number of ether oxygens (including phenoxy) is 1. The Hall–Kier alpha value is -1.29. The Balaban J connectivity index is 2.00. The van der Waals surface area contributed by atoms with Gasteiger partial charge in [-0.3, -0.25) is 0 Å². The number of hydrogen-bond donors (Lipinski definition) is 2. The van der Waals surface area contributed by atoms with Crippen molar-refractivity contribution >= 4 is 5.82 Å². The molecule has 0 saturated carbocycles. The number of aromatic nitrogens is 1. The number of methoxy groups -OCH3 is 1. The lowest BCUT2D eigenvalue weighted by molar-refractivity contribution is 0.414. The second kappa shape index (κ2) is 4.28. The molecule has 0 bridgehead atoms. The molecule has 0 amide bonds. The summed E-state index contributed by atoms with van der Waals surface area (Å²) in [5, 5.41) is 6.66. The van der Waals surface area contributed by atoms with E-state index in [0.29, 0.717) is 6.04 Å². The van der Waals surface area contributed by atoms with Gasteiger partial charge < -0.3 is 15.4 Å². The molecule has 2 rings (SSSR count). The van der Waals surface area contributed by atoms with E-state index in [1.165, 1.54) is 0 Å². The molecule has 1 aliphatic rings. The third-order valence-corrected chi connectivity index (χ3v) is 2.38. The lowest BCUT2D eigenvalue weighted by Crippen LogP contribution is -2.22. The molecule has 1 saturated heterocycles. The minimum atomic E-state index is 0.495. The van der Waals surface area contributed by atoms with Gasteiger partial charge in [0.15, 0.2) is 0 Å². The van der Waals surface area contributed by atoms with Gasteiger partial charge in [0, 0.05) is 24.8 Å². The number of nitrogens with zero attached hydrogens (tertiary/aromatic N) is 1. The molecular weight excluding hydrogens is 178 g/mol. The number of pyridine rings is 1. The van der Waals surface area contributed by atoms with E-state index in [1.54, 1.807) is 13.3 Å². The molecule has 2 N–H and O–H groups in total. The Bertz CT molecular complexity index is 297. The molecular formula is C10H15N3O. The van der Waals surface area contributed by atoms with Gasteiger partial charge in [0.25, 0.3) is 0 Å². The van der Waals surface area contributed by atoms with Gasteiger partial charge in [0.05, 0.1) is 7.11 Å². The molecule has 0 radical (unpaired) electrons. The van der Waals surface area contributed by atoms with Crippen LogP contribution in [0.3, 0.4) is 0 Å². The van der Waals surface area contributed by atoms with Gasteiger partial charge in [-0.25, -0.2) is 4.98 Å². The van der Waals surface area contributed by atoms with E-state index in [2.05, 4.69) is 15.6 Å². The second-order valence-corrected chi connectivity index (χ2v) is 3.41. The highest BCUT2D eigenvalue weighted by Gasteiger charge is 2.14. The van der Waals surface area contributed by atoms with Crippen LogP contribution in [-0.4, -0.2) is 31.2 Å². The zero-order chi connectivity index (χ0) is 9.80. The predicted molar refractivity (Wildman–Crippen MR) is 55.7 cm³/mol. The third kappa shape index (κ3) is 2.14. The molecule has 1 aromatic heterocycles. The summed E-state index contributed by atoms with van der Waals surface area (Å²) in [5.41, 5.74) is 0. The Morgan fingerprint density at radius 3 is 3.29 bits per heavy atom. The van der Waals surface area contributed by atoms with E-state index in [9.17, 15) is 0 Å². The summed E-state index contributed by atoms with van der Waals surface area (Å²) < 4.78 is 5.12. The number of nitrogens with one attached hydrogen (secondary N) is 2. The van der Waals surface area contributed by atoms with Gasteiger partial charge in [0.1, 0.15) is 11.6 Å². The topological polar surface area (TPSA) is 46.2 Å². The fourth-order valence-corrected chi connectivity index (χ4v) is 1.60. The standard InChI is InChI=1S/C10H15N3O/c1-14-9-3-5-12-10(6-9)13-8-2-4-11-7-8/h3,5-6,8,11H,2,4,7H2,1H3,(H,12,13). The molecule has 1 fully saturated rings. The molecule has 1 unspecified atom stereocenters. The van der Waals surface area contributed by atoms with Crippen LogP contribution in [0.25, 0.3) is 0 Å². The van der Waals surface area contributed by atoms with Crippen molar-refractivity contribution in [3.8, 4) is 5.75 Å². The van der Waals surface area contributed by atoms with Gasteiger partial charge in [-0.05, 0) is 19.0 Å². The zero-order valence-corrected chi connectivity index (χ0v) is 8.29. The first-order chi connectivity index (χ1) is 6.88. The predicted octanol–water partition coefficient (Wildman–Crippen LogP) is 0.864. The molecule has 1 atom stereocenters. The maximum atomic E-state index is 5.12. The van der Waals surface area contributed by atoms with Crippen molar-refractivity contribution in [2.45, 2.75) is 12.5 Å². The molecule has 0 aliphatic carbocycles. The first kappa shape index (κ1) is 9.27. The van der Waals surface area contributed by atoms with Gasteiger partial charge in [0.2, 0.25) is 0 Å². The largest absolute Gasteiger partial charge is 0.497 e. The molecule has 0 aromatic carbocycles. The van der Waals surface area contributed by atoms with Crippen molar-refractivity contribution in [1.82, 2.24) is 10.3 Å². The quantitative estimate of drug-likeness (QED) is 0.747. The van der Waals surface area contributed by atoms with Crippen LogP contribution >= 0.6 is 0 Å². The van der Waals surface area contributed by atoms with Crippen LogP contribution < -0.4 is 15.4 Å². The van der Waals surface area contributed by atoms with Crippen molar-refractivity contribution in [2.24, 2.45) is 0 Å². The van der Waals surface area contributed by atoms with Crippen molar-refractivity contribution in [3.05, 3.63) is 18.3 Å². The van der Waals surface area contributed by atoms with Crippen LogP contribution in [0, 0.1) is 0 Å². The summed E-state index contributed by atoms with van der Waals surface area (Å²) >= 11 is 0. The van der Waals surface area contributed by atoms with E-state index in [1.807, 2.05) is 12.1 Å². The third-order valence-electron chi connectivity index (χ3n) is 2.38. The van der Waals surface area contributed by atoms with Gasteiger partial charge >= 0.3 is 0 Å². The number of anilines is 1. The monoisotopic (exact) mass is 193 g/mol. The molecule has 2 heterocycles. The maximum Gasteiger partial charge on any atom is 0.129 e. The molecule has 1 aliphatic heterocycles. The van der Waals surface area contributed by atoms with E-state index in [-0.39, 0.29) is 0 Å². The molecule has 14 heavy (non-hydrogen) atoms. The SMILES string of the molecule is COc1ccnc(NC2CCNC2)c1. The Kier molecular flexibility index (Phi) is 2.84. The van der Waals surface area contributed by atoms with Gasteiger partial charge in [-0.15, -0.1) is 0 Å². The van der Waals surface area contributed by atoms with Crippen LogP contribution in [0.4, 0.5) is 5.82 Å². The summed E-state index contributed by atoms with van der Waals surface area (Å²) in [5.74, 6) is 1.73. The summed E-state index contributed by atoms with van der Waals surface area (Å²) in [6, 6.07) is 4.26. The van der Waals surface area contributed by atoms with E-state index in [4.69, 9.17) is 4.74 Å². The normalized spacial score (nSPS) is 20.8. The average molecular weight is 193 g/mol. The van der Waals surface area contributed by atoms with Crippen LogP contribution in [0.1, 0.15) is 6.42 Å².